The first kappa shape index (κ1) is 14.9. The Bertz CT molecular complexity index is 423. The standard InChI is InChI=1S/C13H16ClF2NO/c1-8(2)6-9(14)7-17-13(18)10-4-3-5-11(15)12(10)16/h3-5,8-9H,6-7H2,1-2H3,(H,17,18). The van der Waals surface area contributed by atoms with Crippen LogP contribution in [0.2, 0.25) is 0 Å². The van der Waals surface area contributed by atoms with E-state index in [0.717, 1.165) is 12.5 Å². The smallest absolute Gasteiger partial charge is 0.254 e. The van der Waals surface area contributed by atoms with Crippen molar-refractivity contribution in [3.63, 3.8) is 0 Å². The number of alkyl halides is 1. The molecule has 0 aliphatic heterocycles. The molecular weight excluding hydrogens is 260 g/mol. The highest BCUT2D eigenvalue weighted by atomic mass is 35.5. The summed E-state index contributed by atoms with van der Waals surface area (Å²) in [7, 11) is 0. The van der Waals surface area contributed by atoms with Gasteiger partial charge < -0.3 is 5.32 Å². The van der Waals surface area contributed by atoms with Gasteiger partial charge in [0, 0.05) is 6.54 Å². The second kappa shape index (κ2) is 6.69. The first-order valence-electron chi connectivity index (χ1n) is 5.78. The van der Waals surface area contributed by atoms with Crippen LogP contribution in [0.5, 0.6) is 0 Å². The summed E-state index contributed by atoms with van der Waals surface area (Å²) in [6.07, 6.45) is 0.744. The van der Waals surface area contributed by atoms with Crippen molar-refractivity contribution in [3.05, 3.63) is 35.4 Å². The molecule has 0 saturated heterocycles. The molecular formula is C13H16ClF2NO. The fraction of sp³-hybridized carbons (Fsp3) is 0.462. The maximum absolute atomic E-state index is 13.3. The van der Waals surface area contributed by atoms with Gasteiger partial charge in [-0.1, -0.05) is 19.9 Å². The second-order valence-electron chi connectivity index (χ2n) is 4.54. The molecule has 2 nitrogen and oxygen atoms in total. The first-order valence-corrected chi connectivity index (χ1v) is 6.21. The predicted octanol–water partition coefficient (Wildman–Crippen LogP) is 3.35. The molecule has 0 saturated carbocycles. The molecule has 1 unspecified atom stereocenters. The van der Waals surface area contributed by atoms with Crippen molar-refractivity contribution in [3.8, 4) is 0 Å². The number of hydrogen-bond donors (Lipinski definition) is 1. The summed E-state index contributed by atoms with van der Waals surface area (Å²) in [4.78, 5) is 11.6. The predicted molar refractivity (Wildman–Crippen MR) is 67.8 cm³/mol. The molecule has 0 radical (unpaired) electrons. The molecule has 0 spiro atoms. The lowest BCUT2D eigenvalue weighted by atomic mass is 10.1. The SMILES string of the molecule is CC(C)CC(Cl)CNC(=O)c1cccc(F)c1F. The molecule has 1 aromatic carbocycles. The fourth-order valence-corrected chi connectivity index (χ4v) is 2.01. The summed E-state index contributed by atoms with van der Waals surface area (Å²) in [6.45, 7) is 4.27. The van der Waals surface area contributed by atoms with Gasteiger partial charge in [0.15, 0.2) is 11.6 Å². The maximum Gasteiger partial charge on any atom is 0.254 e. The molecule has 5 heteroatoms. The first-order chi connectivity index (χ1) is 8.41. The zero-order chi connectivity index (χ0) is 13.7. The van der Waals surface area contributed by atoms with Gasteiger partial charge in [0.05, 0.1) is 10.9 Å². The van der Waals surface area contributed by atoms with Crippen LogP contribution in [0, 0.1) is 17.6 Å². The summed E-state index contributed by atoms with van der Waals surface area (Å²) in [5, 5.41) is 2.28. The Labute approximate surface area is 110 Å². The number of carbonyl (C=O) groups excluding carboxylic acids is 1. The molecule has 1 amide bonds. The number of nitrogens with one attached hydrogen (secondary N) is 1. The molecule has 1 rings (SSSR count). The second-order valence-corrected chi connectivity index (χ2v) is 5.16. The van der Waals surface area contributed by atoms with Crippen molar-refractivity contribution < 1.29 is 13.6 Å². The Morgan fingerprint density at radius 3 is 2.67 bits per heavy atom. The molecule has 0 fully saturated rings. The van der Waals surface area contributed by atoms with E-state index in [2.05, 4.69) is 5.32 Å². The van der Waals surface area contributed by atoms with Gasteiger partial charge in [0.2, 0.25) is 0 Å². The minimum atomic E-state index is -1.13. The van der Waals surface area contributed by atoms with E-state index < -0.39 is 17.5 Å². The highest BCUT2D eigenvalue weighted by molar-refractivity contribution is 6.20. The summed E-state index contributed by atoms with van der Waals surface area (Å²) in [5.74, 6) is -2.41. The average molecular weight is 276 g/mol. The van der Waals surface area contributed by atoms with Crippen molar-refractivity contribution in [1.82, 2.24) is 5.32 Å². The Kier molecular flexibility index (Phi) is 5.54. The van der Waals surface area contributed by atoms with Crippen molar-refractivity contribution in [2.24, 2.45) is 5.92 Å². The lowest BCUT2D eigenvalue weighted by Gasteiger charge is -2.13. The van der Waals surface area contributed by atoms with Crippen molar-refractivity contribution >= 4 is 17.5 Å². The minimum Gasteiger partial charge on any atom is -0.350 e. The van der Waals surface area contributed by atoms with Crippen LogP contribution in [0.3, 0.4) is 0 Å². The van der Waals surface area contributed by atoms with Crippen LogP contribution in [-0.2, 0) is 0 Å². The normalized spacial score (nSPS) is 12.6. The lowest BCUT2D eigenvalue weighted by Crippen LogP contribution is -2.31. The number of halogens is 3. The molecule has 18 heavy (non-hydrogen) atoms. The summed E-state index contributed by atoms with van der Waals surface area (Å²) < 4.78 is 26.2. The minimum absolute atomic E-state index is 0.217. The highest BCUT2D eigenvalue weighted by Gasteiger charge is 2.16. The van der Waals surface area contributed by atoms with Crippen LogP contribution >= 0.6 is 11.6 Å². The van der Waals surface area contributed by atoms with E-state index in [1.807, 2.05) is 13.8 Å². The third-order valence-electron chi connectivity index (χ3n) is 2.41. The van der Waals surface area contributed by atoms with Crippen molar-refractivity contribution in [1.29, 1.82) is 0 Å². The van der Waals surface area contributed by atoms with Crippen molar-refractivity contribution in [2.75, 3.05) is 6.54 Å². The number of hydrogen-bond acceptors (Lipinski definition) is 1. The van der Waals surface area contributed by atoms with E-state index >= 15 is 0 Å². The van der Waals surface area contributed by atoms with E-state index in [1.165, 1.54) is 12.1 Å². The summed E-state index contributed by atoms with van der Waals surface area (Å²) >= 11 is 6.00. The van der Waals surface area contributed by atoms with Crippen LogP contribution in [-0.4, -0.2) is 17.8 Å². The third kappa shape index (κ3) is 4.26. The molecule has 1 N–H and O–H groups in total. The zero-order valence-electron chi connectivity index (χ0n) is 10.3. The van der Waals surface area contributed by atoms with Gasteiger partial charge in [-0.2, -0.15) is 0 Å². The lowest BCUT2D eigenvalue weighted by molar-refractivity contribution is 0.0948. The van der Waals surface area contributed by atoms with Crippen LogP contribution in [0.1, 0.15) is 30.6 Å². The topological polar surface area (TPSA) is 29.1 Å². The van der Waals surface area contributed by atoms with Crippen LogP contribution in [0.4, 0.5) is 8.78 Å². The zero-order valence-corrected chi connectivity index (χ0v) is 11.1. The van der Waals surface area contributed by atoms with E-state index in [0.29, 0.717) is 5.92 Å². The van der Waals surface area contributed by atoms with Gasteiger partial charge >= 0.3 is 0 Å². The molecule has 1 aromatic rings. The third-order valence-corrected chi connectivity index (χ3v) is 2.74. The van der Waals surface area contributed by atoms with E-state index in [9.17, 15) is 13.6 Å². The Morgan fingerprint density at radius 1 is 1.39 bits per heavy atom. The van der Waals surface area contributed by atoms with Gasteiger partial charge in [-0.25, -0.2) is 8.78 Å². The van der Waals surface area contributed by atoms with E-state index in [4.69, 9.17) is 11.6 Å². The summed E-state index contributed by atoms with van der Waals surface area (Å²) in [6, 6.07) is 3.49. The van der Waals surface area contributed by atoms with Gasteiger partial charge in [-0.15, -0.1) is 11.6 Å². The van der Waals surface area contributed by atoms with Crippen LogP contribution in [0.15, 0.2) is 18.2 Å². The van der Waals surface area contributed by atoms with Crippen molar-refractivity contribution in [2.45, 2.75) is 25.6 Å². The van der Waals surface area contributed by atoms with E-state index in [-0.39, 0.29) is 17.5 Å². The van der Waals surface area contributed by atoms with Crippen LogP contribution < -0.4 is 5.32 Å². The number of rotatable bonds is 5. The average Bonchev–Trinajstić information content (AvgIpc) is 2.29. The monoisotopic (exact) mass is 275 g/mol. The van der Waals surface area contributed by atoms with Gasteiger partial charge in [-0.3, -0.25) is 4.79 Å². The number of carbonyl (C=O) groups is 1. The fourth-order valence-electron chi connectivity index (χ4n) is 1.57. The molecule has 1 atom stereocenters. The molecule has 100 valence electrons. The van der Waals surface area contributed by atoms with E-state index in [1.54, 1.807) is 0 Å². The molecule has 0 bridgehead atoms. The van der Waals surface area contributed by atoms with Gasteiger partial charge in [0.25, 0.3) is 5.91 Å². The largest absolute Gasteiger partial charge is 0.350 e. The maximum atomic E-state index is 13.3. The quantitative estimate of drug-likeness (QED) is 0.821. The molecule has 0 heterocycles. The molecule has 0 aliphatic carbocycles. The highest BCUT2D eigenvalue weighted by Crippen LogP contribution is 2.12. The van der Waals surface area contributed by atoms with Gasteiger partial charge in [-0.05, 0) is 24.5 Å². The molecule has 0 aliphatic rings. The van der Waals surface area contributed by atoms with Crippen LogP contribution in [0.25, 0.3) is 0 Å². The van der Waals surface area contributed by atoms with Gasteiger partial charge in [0.1, 0.15) is 0 Å². The number of amides is 1. The Morgan fingerprint density at radius 2 is 2.06 bits per heavy atom. The summed E-state index contributed by atoms with van der Waals surface area (Å²) in [5.41, 5.74) is -0.302. The Hall–Kier alpha value is -1.16. The molecule has 0 aromatic heterocycles. The Balaban J connectivity index is 2.58. The number of benzene rings is 1.